The predicted molar refractivity (Wildman–Crippen MR) is 96.8 cm³/mol. The summed E-state index contributed by atoms with van der Waals surface area (Å²) in [5.74, 6) is -0.380. The van der Waals surface area contributed by atoms with E-state index >= 15 is 0 Å². The van der Waals surface area contributed by atoms with E-state index in [0.29, 0.717) is 17.7 Å². The summed E-state index contributed by atoms with van der Waals surface area (Å²) in [6.45, 7) is 1.78. The lowest BCUT2D eigenvalue weighted by Gasteiger charge is -2.04. The van der Waals surface area contributed by atoms with Crippen LogP contribution in [0.5, 0.6) is 0 Å². The molecule has 0 saturated heterocycles. The number of nitrogens with zero attached hydrogens (tertiary/aromatic N) is 1. The largest absolute Gasteiger partial charge is 0.326 e. The Labute approximate surface area is 141 Å². The van der Waals surface area contributed by atoms with E-state index < -0.39 is 0 Å². The fourth-order valence-electron chi connectivity index (χ4n) is 1.88. The van der Waals surface area contributed by atoms with Gasteiger partial charge in [0.05, 0.1) is 0 Å². The number of amides is 2. The van der Waals surface area contributed by atoms with Crippen LogP contribution in [0.4, 0.5) is 5.69 Å². The van der Waals surface area contributed by atoms with E-state index in [4.69, 9.17) is 0 Å². The van der Waals surface area contributed by atoms with Crippen LogP contribution in [0.25, 0.3) is 6.08 Å². The molecule has 5 nitrogen and oxygen atoms in total. The minimum atomic E-state index is -0.312. The first-order valence-electron chi connectivity index (χ1n) is 7.64. The number of hydrogen-bond donors (Lipinski definition) is 2. The van der Waals surface area contributed by atoms with Crippen molar-refractivity contribution in [1.29, 1.82) is 0 Å². The molecule has 0 saturated carbocycles. The van der Waals surface area contributed by atoms with Gasteiger partial charge in [-0.25, -0.2) is 5.43 Å². The van der Waals surface area contributed by atoms with Gasteiger partial charge in [0, 0.05) is 23.9 Å². The number of hydrogen-bond acceptors (Lipinski definition) is 3. The molecule has 2 aromatic rings. The zero-order chi connectivity index (χ0) is 17.2. The molecule has 0 aliphatic carbocycles. The first kappa shape index (κ1) is 17.1. The average Bonchev–Trinajstić information content (AvgIpc) is 2.62. The summed E-state index contributed by atoms with van der Waals surface area (Å²) in [5.41, 5.74) is 4.63. The maximum Gasteiger partial charge on any atom is 0.271 e. The monoisotopic (exact) mass is 321 g/mol. The molecule has 0 aromatic heterocycles. The minimum absolute atomic E-state index is 0.0676. The van der Waals surface area contributed by atoms with Crippen LogP contribution in [0.1, 0.15) is 29.3 Å². The summed E-state index contributed by atoms with van der Waals surface area (Å²) in [4.78, 5) is 23.2. The van der Waals surface area contributed by atoms with Crippen molar-refractivity contribution in [3.05, 3.63) is 71.8 Å². The standard InChI is InChI=1S/C19H19N3O2/c1-2-18(23)21-17-12-10-16(11-13-17)19(24)22-20-14-6-9-15-7-4-3-5-8-15/h3-14H,2H2,1H3,(H,21,23)(H,22,24)/b9-6+,20-14+. The Morgan fingerprint density at radius 1 is 1.04 bits per heavy atom. The molecule has 0 fully saturated rings. The highest BCUT2D eigenvalue weighted by Gasteiger charge is 2.04. The normalized spacial score (nSPS) is 10.9. The van der Waals surface area contributed by atoms with E-state index in [9.17, 15) is 9.59 Å². The molecule has 0 radical (unpaired) electrons. The van der Waals surface area contributed by atoms with Crippen LogP contribution >= 0.6 is 0 Å². The third kappa shape index (κ3) is 5.53. The molecule has 0 aliphatic heterocycles. The highest BCUT2D eigenvalue weighted by molar-refractivity contribution is 5.96. The van der Waals surface area contributed by atoms with Crippen molar-refractivity contribution in [2.45, 2.75) is 13.3 Å². The first-order valence-corrected chi connectivity index (χ1v) is 7.64. The van der Waals surface area contributed by atoms with E-state index in [-0.39, 0.29) is 11.8 Å². The van der Waals surface area contributed by atoms with Crippen LogP contribution in [0, 0.1) is 0 Å². The summed E-state index contributed by atoms with van der Waals surface area (Å²) in [6.07, 6.45) is 5.56. The second-order valence-corrected chi connectivity index (χ2v) is 4.97. The molecule has 24 heavy (non-hydrogen) atoms. The first-order chi connectivity index (χ1) is 11.7. The smallest absolute Gasteiger partial charge is 0.271 e. The lowest BCUT2D eigenvalue weighted by Crippen LogP contribution is -2.17. The van der Waals surface area contributed by atoms with Crippen molar-refractivity contribution in [3.8, 4) is 0 Å². The highest BCUT2D eigenvalue weighted by atomic mass is 16.2. The molecule has 0 heterocycles. The lowest BCUT2D eigenvalue weighted by molar-refractivity contribution is -0.115. The van der Waals surface area contributed by atoms with Crippen LogP contribution < -0.4 is 10.7 Å². The highest BCUT2D eigenvalue weighted by Crippen LogP contribution is 2.09. The van der Waals surface area contributed by atoms with Crippen LogP contribution in [-0.2, 0) is 4.79 Å². The van der Waals surface area contributed by atoms with Gasteiger partial charge in [0.25, 0.3) is 5.91 Å². The molecule has 0 bridgehead atoms. The quantitative estimate of drug-likeness (QED) is 0.632. The zero-order valence-corrected chi connectivity index (χ0v) is 13.4. The molecule has 2 N–H and O–H groups in total. The summed E-state index contributed by atoms with van der Waals surface area (Å²) in [6, 6.07) is 16.4. The van der Waals surface area contributed by atoms with Gasteiger partial charge in [-0.3, -0.25) is 9.59 Å². The summed E-state index contributed by atoms with van der Waals surface area (Å²) in [5, 5.41) is 6.59. The van der Waals surface area contributed by atoms with E-state index in [1.807, 2.05) is 36.4 Å². The van der Waals surface area contributed by atoms with E-state index in [1.165, 1.54) is 6.21 Å². The molecule has 2 amide bonds. The number of carbonyl (C=O) groups is 2. The second kappa shape index (κ2) is 9.05. The van der Waals surface area contributed by atoms with Gasteiger partial charge in [-0.15, -0.1) is 0 Å². The average molecular weight is 321 g/mol. The van der Waals surface area contributed by atoms with Gasteiger partial charge in [-0.05, 0) is 35.9 Å². The molecule has 122 valence electrons. The van der Waals surface area contributed by atoms with Gasteiger partial charge in [0.1, 0.15) is 0 Å². The van der Waals surface area contributed by atoms with Crippen molar-refractivity contribution >= 4 is 29.8 Å². The number of carbonyl (C=O) groups excluding carboxylic acids is 2. The van der Waals surface area contributed by atoms with Crippen LogP contribution in [0.15, 0.2) is 65.8 Å². The Kier molecular flexibility index (Phi) is 6.46. The van der Waals surface area contributed by atoms with Crippen molar-refractivity contribution in [3.63, 3.8) is 0 Å². The predicted octanol–water partition coefficient (Wildman–Crippen LogP) is 3.46. The second-order valence-electron chi connectivity index (χ2n) is 4.97. The van der Waals surface area contributed by atoms with Gasteiger partial charge in [-0.1, -0.05) is 43.3 Å². The summed E-state index contributed by atoms with van der Waals surface area (Å²) >= 11 is 0. The molecule has 0 atom stereocenters. The summed E-state index contributed by atoms with van der Waals surface area (Å²) in [7, 11) is 0. The van der Waals surface area contributed by atoms with E-state index in [1.54, 1.807) is 37.3 Å². The Morgan fingerprint density at radius 2 is 1.75 bits per heavy atom. The number of nitrogens with one attached hydrogen (secondary N) is 2. The van der Waals surface area contributed by atoms with Gasteiger partial charge >= 0.3 is 0 Å². The molecule has 0 unspecified atom stereocenters. The van der Waals surface area contributed by atoms with Crippen LogP contribution in [0.2, 0.25) is 0 Å². The van der Waals surface area contributed by atoms with E-state index in [0.717, 1.165) is 5.56 Å². The van der Waals surface area contributed by atoms with Crippen molar-refractivity contribution in [2.75, 3.05) is 5.32 Å². The molecular weight excluding hydrogens is 302 g/mol. The summed E-state index contributed by atoms with van der Waals surface area (Å²) < 4.78 is 0. The Hall–Kier alpha value is -3.21. The molecule has 2 rings (SSSR count). The molecule has 0 spiro atoms. The lowest BCUT2D eigenvalue weighted by atomic mass is 10.2. The van der Waals surface area contributed by atoms with Crippen molar-refractivity contribution < 1.29 is 9.59 Å². The Balaban J connectivity index is 1.85. The Bertz CT molecular complexity index is 735. The van der Waals surface area contributed by atoms with Gasteiger partial charge in [-0.2, -0.15) is 5.10 Å². The SMILES string of the molecule is CCC(=O)Nc1ccc(C(=O)N/N=C/C=C/c2ccccc2)cc1. The number of rotatable bonds is 6. The third-order valence-corrected chi connectivity index (χ3v) is 3.17. The fourth-order valence-corrected chi connectivity index (χ4v) is 1.88. The molecule has 5 heteroatoms. The van der Waals surface area contributed by atoms with Crippen molar-refractivity contribution in [1.82, 2.24) is 5.43 Å². The topological polar surface area (TPSA) is 70.6 Å². The van der Waals surface area contributed by atoms with Crippen molar-refractivity contribution in [2.24, 2.45) is 5.10 Å². The number of allylic oxidation sites excluding steroid dienone is 1. The minimum Gasteiger partial charge on any atom is -0.326 e. The van der Waals surface area contributed by atoms with Gasteiger partial charge < -0.3 is 5.32 Å². The maximum absolute atomic E-state index is 11.9. The fraction of sp³-hybridized carbons (Fsp3) is 0.105. The number of hydrazone groups is 1. The molecule has 2 aromatic carbocycles. The van der Waals surface area contributed by atoms with Crippen LogP contribution in [-0.4, -0.2) is 18.0 Å². The molecule has 0 aliphatic rings. The molecular formula is C19H19N3O2. The maximum atomic E-state index is 11.9. The third-order valence-electron chi connectivity index (χ3n) is 3.17. The number of anilines is 1. The van der Waals surface area contributed by atoms with E-state index in [2.05, 4.69) is 15.8 Å². The van der Waals surface area contributed by atoms with Gasteiger partial charge in [0.2, 0.25) is 5.91 Å². The number of benzene rings is 2. The zero-order valence-electron chi connectivity index (χ0n) is 13.4. The Morgan fingerprint density at radius 3 is 2.42 bits per heavy atom. The van der Waals surface area contributed by atoms with Gasteiger partial charge in [0.15, 0.2) is 0 Å². The van der Waals surface area contributed by atoms with Crippen LogP contribution in [0.3, 0.4) is 0 Å².